The van der Waals surface area contributed by atoms with Gasteiger partial charge in [-0.3, -0.25) is 19.2 Å². The van der Waals surface area contributed by atoms with E-state index in [1.165, 1.54) is 42.5 Å². The Labute approximate surface area is 159 Å². The van der Waals surface area contributed by atoms with E-state index in [0.717, 1.165) is 4.88 Å². The van der Waals surface area contributed by atoms with Crippen molar-refractivity contribution in [3.63, 3.8) is 0 Å². The Balaban J connectivity index is 1.74. The van der Waals surface area contributed by atoms with Gasteiger partial charge in [0.1, 0.15) is 5.82 Å². The van der Waals surface area contributed by atoms with Gasteiger partial charge in [-0.2, -0.15) is 0 Å². The van der Waals surface area contributed by atoms with Crippen molar-refractivity contribution < 1.29 is 28.3 Å². The summed E-state index contributed by atoms with van der Waals surface area (Å²) in [5.74, 6) is -1.93. The molecule has 27 heavy (non-hydrogen) atoms. The number of carbonyl (C=O) groups excluding carboxylic acids is 4. The van der Waals surface area contributed by atoms with Crippen LogP contribution in [0.2, 0.25) is 0 Å². The summed E-state index contributed by atoms with van der Waals surface area (Å²) < 4.78 is 17.7. The van der Waals surface area contributed by atoms with Crippen molar-refractivity contribution in [2.24, 2.45) is 0 Å². The maximum absolute atomic E-state index is 12.8. The smallest absolute Gasteiger partial charge is 0.306 e. The van der Waals surface area contributed by atoms with Crippen LogP contribution >= 0.6 is 11.3 Å². The summed E-state index contributed by atoms with van der Waals surface area (Å²) in [6.45, 7) is 1.32. The third kappa shape index (κ3) is 6.74. The van der Waals surface area contributed by atoms with E-state index in [4.69, 9.17) is 4.74 Å². The molecular weight excluding hydrogens is 373 g/mol. The van der Waals surface area contributed by atoms with E-state index in [2.05, 4.69) is 5.32 Å². The maximum atomic E-state index is 12.8. The lowest BCUT2D eigenvalue weighted by atomic mass is 10.1. The molecule has 0 radical (unpaired) electrons. The minimum atomic E-state index is -0.658. The van der Waals surface area contributed by atoms with Crippen molar-refractivity contribution >= 4 is 34.8 Å². The molecular formula is C19H18FNO5S. The molecule has 6 nitrogen and oxygen atoms in total. The minimum Gasteiger partial charge on any atom is -0.457 e. The van der Waals surface area contributed by atoms with Crippen LogP contribution in [0.1, 0.15) is 44.7 Å². The van der Waals surface area contributed by atoms with Crippen LogP contribution in [-0.2, 0) is 20.9 Å². The molecule has 142 valence electrons. The number of nitrogens with one attached hydrogen (secondary N) is 1. The zero-order valence-electron chi connectivity index (χ0n) is 14.6. The Morgan fingerprint density at radius 2 is 1.70 bits per heavy atom. The second kappa shape index (κ2) is 9.72. The number of Topliss-reactive ketones (excluding diaryl/α,β-unsaturated/α-hetero) is 2. The van der Waals surface area contributed by atoms with E-state index in [0.29, 0.717) is 17.0 Å². The van der Waals surface area contributed by atoms with Gasteiger partial charge in [-0.15, -0.1) is 11.3 Å². The number of benzene rings is 1. The molecule has 0 atom stereocenters. The first kappa shape index (κ1) is 20.4. The Kier molecular flexibility index (Phi) is 7.36. The van der Waals surface area contributed by atoms with Crippen molar-refractivity contribution in [3.05, 3.63) is 57.5 Å². The summed E-state index contributed by atoms with van der Waals surface area (Å²) in [4.78, 5) is 47.8. The lowest BCUT2D eigenvalue weighted by Gasteiger charge is -2.04. The third-order valence-electron chi connectivity index (χ3n) is 3.53. The highest BCUT2D eigenvalue weighted by atomic mass is 32.1. The van der Waals surface area contributed by atoms with Gasteiger partial charge in [-0.25, -0.2) is 4.39 Å². The Hall–Kier alpha value is -2.87. The first-order valence-electron chi connectivity index (χ1n) is 8.16. The molecule has 8 heteroatoms. The molecule has 0 saturated heterocycles. The normalized spacial score (nSPS) is 10.3. The highest BCUT2D eigenvalue weighted by Crippen LogP contribution is 2.17. The number of ether oxygens (including phenoxy) is 1. The number of thiophene rings is 1. The topological polar surface area (TPSA) is 89.5 Å². The van der Waals surface area contributed by atoms with E-state index in [-0.39, 0.29) is 30.3 Å². The van der Waals surface area contributed by atoms with Gasteiger partial charge >= 0.3 is 5.97 Å². The monoisotopic (exact) mass is 391 g/mol. The van der Waals surface area contributed by atoms with Crippen LogP contribution in [0.4, 0.5) is 4.39 Å². The quantitative estimate of drug-likeness (QED) is 0.524. The summed E-state index contributed by atoms with van der Waals surface area (Å²) in [7, 11) is 0. The van der Waals surface area contributed by atoms with E-state index < -0.39 is 18.4 Å². The second-order valence-corrected chi connectivity index (χ2v) is 6.86. The standard InChI is InChI=1S/C19H18FNO5S/c1-12(22)21-10-15-6-8-18(27-15)17(24)11-26-19(25)9-7-16(23)13-2-4-14(20)5-3-13/h2-6,8H,7,9-11H2,1H3,(H,21,22). The number of hydrogen-bond donors (Lipinski definition) is 1. The van der Waals surface area contributed by atoms with Gasteiger partial charge in [0, 0.05) is 23.8 Å². The minimum absolute atomic E-state index is 0.0848. The molecule has 0 bridgehead atoms. The van der Waals surface area contributed by atoms with Crippen LogP contribution in [-0.4, -0.2) is 30.0 Å². The molecule has 0 aliphatic carbocycles. The van der Waals surface area contributed by atoms with Crippen LogP contribution in [0.25, 0.3) is 0 Å². The Bertz CT molecular complexity index is 844. The summed E-state index contributed by atoms with van der Waals surface area (Å²) >= 11 is 1.21. The fraction of sp³-hybridized carbons (Fsp3) is 0.263. The molecule has 0 saturated carbocycles. The summed E-state index contributed by atoms with van der Waals surface area (Å²) in [5, 5.41) is 2.63. The van der Waals surface area contributed by atoms with Gasteiger partial charge in [0.2, 0.25) is 11.7 Å². The zero-order valence-corrected chi connectivity index (χ0v) is 15.4. The van der Waals surface area contributed by atoms with Gasteiger partial charge in [-0.1, -0.05) is 0 Å². The Morgan fingerprint density at radius 3 is 2.37 bits per heavy atom. The molecule has 2 rings (SSSR count). The van der Waals surface area contributed by atoms with Crippen LogP contribution in [0.5, 0.6) is 0 Å². The molecule has 0 aliphatic heterocycles. The van der Waals surface area contributed by atoms with Crippen molar-refractivity contribution in [2.75, 3.05) is 6.61 Å². The first-order chi connectivity index (χ1) is 12.8. The molecule has 1 aromatic carbocycles. The molecule has 0 spiro atoms. The Morgan fingerprint density at radius 1 is 1.00 bits per heavy atom. The molecule has 0 aliphatic rings. The molecule has 2 aromatic rings. The van der Waals surface area contributed by atoms with E-state index in [1.54, 1.807) is 12.1 Å². The molecule has 1 heterocycles. The highest BCUT2D eigenvalue weighted by Gasteiger charge is 2.14. The van der Waals surface area contributed by atoms with E-state index in [9.17, 15) is 23.6 Å². The average molecular weight is 391 g/mol. The molecule has 1 amide bonds. The molecule has 0 fully saturated rings. The zero-order chi connectivity index (χ0) is 19.8. The lowest BCUT2D eigenvalue weighted by molar-refractivity contribution is -0.142. The molecule has 1 aromatic heterocycles. The van der Waals surface area contributed by atoms with Gasteiger partial charge < -0.3 is 10.1 Å². The van der Waals surface area contributed by atoms with Crippen LogP contribution in [0, 0.1) is 5.82 Å². The number of halogens is 1. The highest BCUT2D eigenvalue weighted by molar-refractivity contribution is 7.14. The fourth-order valence-corrected chi connectivity index (χ4v) is 2.99. The molecule has 1 N–H and O–H groups in total. The van der Waals surface area contributed by atoms with Crippen molar-refractivity contribution in [1.29, 1.82) is 0 Å². The second-order valence-electron chi connectivity index (χ2n) is 5.69. The number of amides is 1. The van der Waals surface area contributed by atoms with Crippen LogP contribution < -0.4 is 5.32 Å². The van der Waals surface area contributed by atoms with Crippen molar-refractivity contribution in [3.8, 4) is 0 Å². The van der Waals surface area contributed by atoms with Gasteiger partial charge in [-0.05, 0) is 36.4 Å². The van der Waals surface area contributed by atoms with Crippen LogP contribution in [0.15, 0.2) is 36.4 Å². The number of esters is 1. The fourth-order valence-electron chi connectivity index (χ4n) is 2.12. The largest absolute Gasteiger partial charge is 0.457 e. The third-order valence-corrected chi connectivity index (χ3v) is 4.66. The van der Waals surface area contributed by atoms with Crippen LogP contribution in [0.3, 0.4) is 0 Å². The number of rotatable bonds is 9. The lowest BCUT2D eigenvalue weighted by Crippen LogP contribution is -2.18. The number of hydrogen-bond acceptors (Lipinski definition) is 6. The SMILES string of the molecule is CC(=O)NCc1ccc(C(=O)COC(=O)CCC(=O)c2ccc(F)cc2)s1. The van der Waals surface area contributed by atoms with E-state index in [1.807, 2.05) is 0 Å². The first-order valence-corrected chi connectivity index (χ1v) is 8.97. The number of ketones is 2. The van der Waals surface area contributed by atoms with Crippen molar-refractivity contribution in [1.82, 2.24) is 5.32 Å². The predicted octanol–water partition coefficient (Wildman–Crippen LogP) is 2.91. The summed E-state index contributed by atoms with van der Waals surface area (Å²) in [5.41, 5.74) is 0.311. The number of carbonyl (C=O) groups is 4. The van der Waals surface area contributed by atoms with Gasteiger partial charge in [0.25, 0.3) is 0 Å². The van der Waals surface area contributed by atoms with Crippen molar-refractivity contribution in [2.45, 2.75) is 26.3 Å². The maximum Gasteiger partial charge on any atom is 0.306 e. The van der Waals surface area contributed by atoms with E-state index >= 15 is 0 Å². The predicted molar refractivity (Wildman–Crippen MR) is 97.1 cm³/mol. The summed E-state index contributed by atoms with van der Waals surface area (Å²) in [6, 6.07) is 8.37. The summed E-state index contributed by atoms with van der Waals surface area (Å²) in [6.07, 6.45) is -0.250. The van der Waals surface area contributed by atoms with Gasteiger partial charge in [0.05, 0.1) is 17.8 Å². The van der Waals surface area contributed by atoms with Gasteiger partial charge in [0.15, 0.2) is 12.4 Å². The molecule has 0 unspecified atom stereocenters. The average Bonchev–Trinajstić information content (AvgIpc) is 3.12.